The summed E-state index contributed by atoms with van der Waals surface area (Å²) in [7, 11) is 0. The van der Waals surface area contributed by atoms with Crippen LogP contribution in [-0.4, -0.2) is 22.3 Å². The van der Waals surface area contributed by atoms with Crippen molar-refractivity contribution in [1.82, 2.24) is 0 Å². The van der Waals surface area contributed by atoms with Gasteiger partial charge < -0.3 is 10.2 Å². The zero-order valence-corrected chi connectivity index (χ0v) is 5.53. The van der Waals surface area contributed by atoms with Crippen LogP contribution in [0.15, 0.2) is 0 Å². The predicted molar refractivity (Wildman–Crippen MR) is 33.3 cm³/mol. The van der Waals surface area contributed by atoms with Crippen molar-refractivity contribution in [3.05, 3.63) is 0 Å². The van der Waals surface area contributed by atoms with Gasteiger partial charge in [-0.25, -0.2) is 0 Å². The molecule has 3 nitrogen and oxygen atoms in total. The lowest BCUT2D eigenvalue weighted by molar-refractivity contribution is -0.142. The Bertz CT molecular complexity index is 178. The van der Waals surface area contributed by atoms with Crippen molar-refractivity contribution in [1.29, 1.82) is 0 Å². The van der Waals surface area contributed by atoms with Crippen molar-refractivity contribution in [2.45, 2.75) is 18.9 Å². The standard InChI is InChI=1S/C7H10O3/c8-6-2-5(7(9)10)3-1-4(3)6/h3-6,8H,1-2H2,(H,9,10)/t3-,4+,5+,6-/m1/s1. The maximum Gasteiger partial charge on any atom is 0.306 e. The average Bonchev–Trinajstić information content (AvgIpc) is 2.55. The molecule has 0 saturated heterocycles. The van der Waals surface area contributed by atoms with Gasteiger partial charge in [0.2, 0.25) is 0 Å². The topological polar surface area (TPSA) is 57.5 Å². The lowest BCUT2D eigenvalue weighted by Crippen LogP contribution is -2.15. The van der Waals surface area contributed by atoms with Gasteiger partial charge in [0.15, 0.2) is 0 Å². The summed E-state index contributed by atoms with van der Waals surface area (Å²) in [6, 6.07) is 0. The van der Waals surface area contributed by atoms with E-state index in [-0.39, 0.29) is 12.0 Å². The van der Waals surface area contributed by atoms with E-state index in [0.29, 0.717) is 18.3 Å². The molecule has 4 atom stereocenters. The van der Waals surface area contributed by atoms with E-state index in [1.54, 1.807) is 0 Å². The number of carbonyl (C=O) groups is 1. The summed E-state index contributed by atoms with van der Waals surface area (Å²) in [5, 5.41) is 17.8. The van der Waals surface area contributed by atoms with Gasteiger partial charge in [0.05, 0.1) is 12.0 Å². The molecule has 56 valence electrons. The van der Waals surface area contributed by atoms with E-state index in [4.69, 9.17) is 5.11 Å². The zero-order chi connectivity index (χ0) is 7.30. The van der Waals surface area contributed by atoms with Gasteiger partial charge >= 0.3 is 5.97 Å². The fourth-order valence-corrected chi connectivity index (χ4v) is 2.03. The van der Waals surface area contributed by atoms with Gasteiger partial charge in [-0.1, -0.05) is 0 Å². The molecule has 0 aliphatic heterocycles. The Balaban J connectivity index is 2.08. The second kappa shape index (κ2) is 1.72. The first-order valence-electron chi connectivity index (χ1n) is 3.61. The Hall–Kier alpha value is -0.570. The minimum Gasteiger partial charge on any atom is -0.481 e. The van der Waals surface area contributed by atoms with Crippen LogP contribution in [0.5, 0.6) is 0 Å². The van der Waals surface area contributed by atoms with E-state index in [1.165, 1.54) is 0 Å². The predicted octanol–water partition coefficient (Wildman–Crippen LogP) is 0.0879. The van der Waals surface area contributed by atoms with Gasteiger partial charge in [-0.2, -0.15) is 0 Å². The maximum absolute atomic E-state index is 10.5. The fraction of sp³-hybridized carbons (Fsp3) is 0.857. The molecule has 2 rings (SSSR count). The molecule has 0 amide bonds. The fourth-order valence-electron chi connectivity index (χ4n) is 2.03. The third-order valence-electron chi connectivity index (χ3n) is 2.71. The Kier molecular flexibility index (Phi) is 1.06. The summed E-state index contributed by atoms with van der Waals surface area (Å²) < 4.78 is 0. The van der Waals surface area contributed by atoms with E-state index >= 15 is 0 Å². The minimum atomic E-state index is -0.732. The first kappa shape index (κ1) is 6.16. The minimum absolute atomic E-state index is 0.250. The van der Waals surface area contributed by atoms with Gasteiger partial charge in [-0.05, 0) is 24.7 Å². The molecule has 0 aromatic rings. The van der Waals surface area contributed by atoms with E-state index in [9.17, 15) is 9.90 Å². The number of rotatable bonds is 1. The van der Waals surface area contributed by atoms with Crippen LogP contribution in [0.4, 0.5) is 0 Å². The van der Waals surface area contributed by atoms with Crippen molar-refractivity contribution >= 4 is 5.97 Å². The largest absolute Gasteiger partial charge is 0.481 e. The Labute approximate surface area is 58.7 Å². The summed E-state index contributed by atoms with van der Waals surface area (Å²) in [6.45, 7) is 0. The third kappa shape index (κ3) is 0.669. The smallest absolute Gasteiger partial charge is 0.306 e. The number of hydrogen-bond donors (Lipinski definition) is 2. The van der Waals surface area contributed by atoms with Gasteiger partial charge in [-0.3, -0.25) is 4.79 Å². The highest BCUT2D eigenvalue weighted by Crippen LogP contribution is 2.55. The van der Waals surface area contributed by atoms with Gasteiger partial charge in [0.1, 0.15) is 0 Å². The Morgan fingerprint density at radius 1 is 1.30 bits per heavy atom. The van der Waals surface area contributed by atoms with Crippen molar-refractivity contribution < 1.29 is 15.0 Å². The van der Waals surface area contributed by atoms with Crippen LogP contribution in [0.1, 0.15) is 12.8 Å². The number of fused-ring (bicyclic) bond motifs is 1. The highest BCUT2D eigenvalue weighted by Gasteiger charge is 2.56. The third-order valence-corrected chi connectivity index (χ3v) is 2.71. The van der Waals surface area contributed by atoms with Crippen LogP contribution in [0.2, 0.25) is 0 Å². The summed E-state index contributed by atoms with van der Waals surface area (Å²) in [6.07, 6.45) is 1.08. The number of aliphatic hydroxyl groups is 1. The highest BCUT2D eigenvalue weighted by molar-refractivity contribution is 5.71. The summed E-state index contributed by atoms with van der Waals surface area (Å²) in [5.41, 5.74) is 0. The molecule has 3 heteroatoms. The maximum atomic E-state index is 10.5. The zero-order valence-electron chi connectivity index (χ0n) is 5.53. The Morgan fingerprint density at radius 2 is 2.00 bits per heavy atom. The molecule has 0 aromatic heterocycles. The normalized spacial score (nSPS) is 50.5. The summed E-state index contributed by atoms with van der Waals surface area (Å²) >= 11 is 0. The second-order valence-electron chi connectivity index (χ2n) is 3.31. The molecule has 0 aromatic carbocycles. The Morgan fingerprint density at radius 3 is 2.20 bits per heavy atom. The van der Waals surface area contributed by atoms with Crippen molar-refractivity contribution in [2.24, 2.45) is 17.8 Å². The van der Waals surface area contributed by atoms with Gasteiger partial charge in [0, 0.05) is 0 Å². The molecule has 2 fully saturated rings. The molecule has 2 aliphatic carbocycles. The molecule has 2 saturated carbocycles. The van der Waals surface area contributed by atoms with Crippen molar-refractivity contribution in [3.8, 4) is 0 Å². The quantitative estimate of drug-likeness (QED) is 0.545. The molecule has 10 heavy (non-hydrogen) atoms. The molecule has 0 bridgehead atoms. The van der Waals surface area contributed by atoms with Crippen molar-refractivity contribution in [2.75, 3.05) is 0 Å². The molecule has 2 aliphatic rings. The van der Waals surface area contributed by atoms with Gasteiger partial charge in [0.25, 0.3) is 0 Å². The SMILES string of the molecule is O=C(O)[C@H]1C[C@@H](O)[C@H]2C[C@H]21. The van der Waals surface area contributed by atoms with Crippen molar-refractivity contribution in [3.63, 3.8) is 0 Å². The lowest BCUT2D eigenvalue weighted by atomic mass is 10.0. The molecular formula is C7H10O3. The van der Waals surface area contributed by atoms with Crippen LogP contribution < -0.4 is 0 Å². The van der Waals surface area contributed by atoms with Crippen LogP contribution in [-0.2, 0) is 4.79 Å². The molecule has 0 unspecified atom stereocenters. The van der Waals surface area contributed by atoms with Crippen LogP contribution in [0.25, 0.3) is 0 Å². The molecule has 0 radical (unpaired) electrons. The van der Waals surface area contributed by atoms with Gasteiger partial charge in [-0.15, -0.1) is 0 Å². The lowest BCUT2D eigenvalue weighted by Gasteiger charge is -2.06. The van der Waals surface area contributed by atoms with E-state index in [0.717, 1.165) is 6.42 Å². The number of carboxylic acids is 1. The van der Waals surface area contributed by atoms with E-state index in [2.05, 4.69) is 0 Å². The second-order valence-corrected chi connectivity index (χ2v) is 3.31. The average molecular weight is 142 g/mol. The molecule has 0 spiro atoms. The van der Waals surface area contributed by atoms with E-state index < -0.39 is 5.97 Å². The summed E-state index contributed by atoms with van der Waals surface area (Å²) in [5.74, 6) is -0.363. The van der Waals surface area contributed by atoms with Crippen LogP contribution in [0, 0.1) is 17.8 Å². The summed E-state index contributed by atoms with van der Waals surface area (Å²) in [4.78, 5) is 10.5. The van der Waals surface area contributed by atoms with E-state index in [1.807, 2.05) is 0 Å². The number of aliphatic carboxylic acids is 1. The number of carboxylic acid groups (broad SMARTS) is 1. The molecule has 2 N–H and O–H groups in total. The molecule has 0 heterocycles. The first-order valence-corrected chi connectivity index (χ1v) is 3.61. The monoisotopic (exact) mass is 142 g/mol. The van der Waals surface area contributed by atoms with Crippen LogP contribution in [0.3, 0.4) is 0 Å². The highest BCUT2D eigenvalue weighted by atomic mass is 16.4. The first-order chi connectivity index (χ1) is 4.70. The molecular weight excluding hydrogens is 132 g/mol. The number of hydrogen-bond acceptors (Lipinski definition) is 2. The number of aliphatic hydroxyl groups excluding tert-OH is 1. The van der Waals surface area contributed by atoms with Crippen LogP contribution >= 0.6 is 0 Å².